The average Bonchev–Trinajstić information content (AvgIpc) is 3.47. The molecule has 1 aliphatic carbocycles. The highest BCUT2D eigenvalue weighted by Crippen LogP contribution is 2.47. The molecule has 0 radical (unpaired) electrons. The zero-order valence-corrected chi connectivity index (χ0v) is 20.6. The number of rotatable bonds is 8. The molecule has 1 saturated carbocycles. The summed E-state index contributed by atoms with van der Waals surface area (Å²) in [6, 6.07) is 15.2. The van der Waals surface area contributed by atoms with Crippen molar-refractivity contribution in [3.05, 3.63) is 59.7 Å². The van der Waals surface area contributed by atoms with Crippen LogP contribution in [0.15, 0.2) is 48.5 Å². The molecule has 2 aliphatic rings. The van der Waals surface area contributed by atoms with E-state index in [1.807, 2.05) is 60.4 Å². The van der Waals surface area contributed by atoms with Gasteiger partial charge < -0.3 is 25.2 Å². The quantitative estimate of drug-likeness (QED) is 0.616. The molecule has 0 bridgehead atoms. The Kier molecular flexibility index (Phi) is 7.48. The number of carbonyl (C=O) groups is 1. The first-order valence-corrected chi connectivity index (χ1v) is 12.4. The molecule has 2 fully saturated rings. The minimum atomic E-state index is -0.614. The van der Waals surface area contributed by atoms with Gasteiger partial charge in [0.2, 0.25) is 5.91 Å². The molecule has 2 aromatic rings. The van der Waals surface area contributed by atoms with Gasteiger partial charge in [-0.2, -0.15) is 0 Å². The second kappa shape index (κ2) is 10.4. The van der Waals surface area contributed by atoms with Gasteiger partial charge in [0.25, 0.3) is 0 Å². The monoisotopic (exact) mass is 466 g/mol. The molecule has 0 aromatic heterocycles. The number of hydrogen-bond donors (Lipinski definition) is 2. The highest BCUT2D eigenvalue weighted by molar-refractivity contribution is 5.82. The van der Waals surface area contributed by atoms with Crippen molar-refractivity contribution in [3.8, 4) is 11.5 Å². The van der Waals surface area contributed by atoms with Crippen molar-refractivity contribution in [2.24, 2.45) is 11.1 Å². The number of hydrogen-bond acceptors (Lipinski definition) is 5. The van der Waals surface area contributed by atoms with Crippen LogP contribution >= 0.6 is 0 Å². The number of nitrogens with two attached hydrogens (primary N) is 1. The van der Waals surface area contributed by atoms with E-state index < -0.39 is 17.6 Å². The van der Waals surface area contributed by atoms with Crippen LogP contribution in [-0.4, -0.2) is 54.4 Å². The molecule has 6 heteroatoms. The average molecular weight is 467 g/mol. The van der Waals surface area contributed by atoms with Crippen LogP contribution in [0.25, 0.3) is 0 Å². The molecule has 1 heterocycles. The molecule has 1 aliphatic heterocycles. The van der Waals surface area contributed by atoms with Gasteiger partial charge >= 0.3 is 0 Å². The van der Waals surface area contributed by atoms with E-state index in [0.29, 0.717) is 25.3 Å². The van der Waals surface area contributed by atoms with Crippen molar-refractivity contribution >= 4 is 5.91 Å². The normalized spacial score (nSPS) is 24.7. The Morgan fingerprint density at radius 3 is 2.53 bits per heavy atom. The third kappa shape index (κ3) is 5.08. The summed E-state index contributed by atoms with van der Waals surface area (Å²) >= 11 is 0. The minimum Gasteiger partial charge on any atom is -0.493 e. The molecular formula is C28H38N2O4. The highest BCUT2D eigenvalue weighted by Gasteiger charge is 2.49. The first-order chi connectivity index (χ1) is 16.3. The van der Waals surface area contributed by atoms with E-state index in [1.54, 1.807) is 7.11 Å². The lowest BCUT2D eigenvalue weighted by molar-refractivity contribution is -0.132. The number of aliphatic hydroxyl groups is 1. The zero-order valence-electron chi connectivity index (χ0n) is 20.6. The van der Waals surface area contributed by atoms with Crippen molar-refractivity contribution in [2.45, 2.75) is 70.1 Å². The number of methoxy groups -OCH3 is 1. The van der Waals surface area contributed by atoms with Crippen LogP contribution in [0.3, 0.4) is 0 Å². The fourth-order valence-corrected chi connectivity index (χ4v) is 5.47. The Morgan fingerprint density at radius 2 is 1.88 bits per heavy atom. The van der Waals surface area contributed by atoms with Gasteiger partial charge in [0, 0.05) is 24.4 Å². The highest BCUT2D eigenvalue weighted by atomic mass is 16.5. The van der Waals surface area contributed by atoms with Gasteiger partial charge in [0.05, 0.1) is 25.4 Å². The minimum absolute atomic E-state index is 0.0443. The van der Waals surface area contributed by atoms with E-state index in [0.717, 1.165) is 29.7 Å². The predicted molar refractivity (Wildman–Crippen MR) is 133 cm³/mol. The van der Waals surface area contributed by atoms with Crippen LogP contribution in [0.5, 0.6) is 11.5 Å². The van der Waals surface area contributed by atoms with Crippen LogP contribution in [0.2, 0.25) is 0 Å². The number of carbonyl (C=O) groups excluding carboxylic acids is 1. The van der Waals surface area contributed by atoms with Gasteiger partial charge in [-0.1, -0.05) is 43.3 Å². The summed E-state index contributed by atoms with van der Waals surface area (Å²) in [4.78, 5) is 15.1. The molecule has 1 amide bonds. The standard InChI is InChI=1S/C28H38N2O4/c1-19(31)28(2)18-30(27(32)24(29)15-20-9-5-4-6-10-20)17-23(28)21-13-14-25(33-3)26(16-21)34-22-11-7-8-12-22/h4-6,9-10,13-14,16,19,22-24,31H,7-8,11-12,15,17-18,29H2,1-3H3/t19-,23+,24+,28+/m1/s1. The summed E-state index contributed by atoms with van der Waals surface area (Å²) in [5.74, 6) is 1.34. The van der Waals surface area contributed by atoms with E-state index in [4.69, 9.17) is 15.2 Å². The molecular weight excluding hydrogens is 428 g/mol. The second-order valence-electron chi connectivity index (χ2n) is 10.2. The Bertz CT molecular complexity index is 974. The molecule has 1 saturated heterocycles. The van der Waals surface area contributed by atoms with Crippen molar-refractivity contribution in [3.63, 3.8) is 0 Å². The topological polar surface area (TPSA) is 85.0 Å². The van der Waals surface area contributed by atoms with Crippen LogP contribution in [0, 0.1) is 5.41 Å². The van der Waals surface area contributed by atoms with E-state index in [2.05, 4.69) is 6.92 Å². The van der Waals surface area contributed by atoms with Crippen molar-refractivity contribution in [1.82, 2.24) is 4.90 Å². The SMILES string of the molecule is COc1ccc([C@@H]2CN(C(=O)[C@@H](N)Cc3ccccc3)C[C@@]2(C)[C@@H](C)O)cc1OC1CCCC1. The number of benzene rings is 2. The molecule has 2 aromatic carbocycles. The summed E-state index contributed by atoms with van der Waals surface area (Å²) in [5.41, 5.74) is 7.93. The Labute approximate surface area is 203 Å². The fourth-order valence-electron chi connectivity index (χ4n) is 5.47. The lowest BCUT2D eigenvalue weighted by Gasteiger charge is -2.34. The maximum absolute atomic E-state index is 13.3. The Hall–Kier alpha value is -2.57. The summed E-state index contributed by atoms with van der Waals surface area (Å²) in [6.45, 7) is 4.84. The first kappa shape index (κ1) is 24.6. The number of amides is 1. The van der Waals surface area contributed by atoms with Crippen molar-refractivity contribution in [2.75, 3.05) is 20.2 Å². The van der Waals surface area contributed by atoms with E-state index in [-0.39, 0.29) is 17.9 Å². The maximum Gasteiger partial charge on any atom is 0.239 e. The lowest BCUT2D eigenvalue weighted by atomic mass is 9.72. The van der Waals surface area contributed by atoms with Crippen LogP contribution in [0.4, 0.5) is 0 Å². The maximum atomic E-state index is 13.3. The molecule has 6 nitrogen and oxygen atoms in total. The molecule has 184 valence electrons. The fraction of sp³-hybridized carbons (Fsp3) is 0.536. The third-order valence-corrected chi connectivity index (χ3v) is 7.80. The second-order valence-corrected chi connectivity index (χ2v) is 10.2. The third-order valence-electron chi connectivity index (χ3n) is 7.80. The van der Waals surface area contributed by atoms with Crippen LogP contribution in [-0.2, 0) is 11.2 Å². The van der Waals surface area contributed by atoms with E-state index in [9.17, 15) is 9.90 Å². The van der Waals surface area contributed by atoms with Crippen LogP contribution < -0.4 is 15.2 Å². The van der Waals surface area contributed by atoms with Crippen molar-refractivity contribution in [1.29, 1.82) is 0 Å². The summed E-state index contributed by atoms with van der Waals surface area (Å²) in [6.07, 6.45) is 4.61. The molecule has 3 N–H and O–H groups in total. The van der Waals surface area contributed by atoms with E-state index in [1.165, 1.54) is 12.8 Å². The summed E-state index contributed by atoms with van der Waals surface area (Å²) < 4.78 is 11.9. The summed E-state index contributed by atoms with van der Waals surface area (Å²) in [7, 11) is 1.65. The smallest absolute Gasteiger partial charge is 0.239 e. The van der Waals surface area contributed by atoms with Gasteiger partial charge in [-0.25, -0.2) is 0 Å². The summed E-state index contributed by atoms with van der Waals surface area (Å²) in [5, 5.41) is 10.8. The lowest BCUT2D eigenvalue weighted by Crippen LogP contribution is -2.45. The Morgan fingerprint density at radius 1 is 1.18 bits per heavy atom. The predicted octanol–water partition coefficient (Wildman–Crippen LogP) is 3.90. The molecule has 4 rings (SSSR count). The van der Waals surface area contributed by atoms with Gasteiger partial charge in [0.1, 0.15) is 0 Å². The molecule has 34 heavy (non-hydrogen) atoms. The van der Waals surface area contributed by atoms with Crippen LogP contribution in [0.1, 0.15) is 56.6 Å². The first-order valence-electron chi connectivity index (χ1n) is 12.4. The molecule has 4 atom stereocenters. The largest absolute Gasteiger partial charge is 0.493 e. The van der Waals surface area contributed by atoms with Gasteiger partial charge in [0.15, 0.2) is 11.5 Å². The Balaban J connectivity index is 1.56. The van der Waals surface area contributed by atoms with Gasteiger partial charge in [-0.3, -0.25) is 4.79 Å². The molecule has 0 unspecified atom stereocenters. The zero-order chi connectivity index (χ0) is 24.3. The number of ether oxygens (including phenoxy) is 2. The molecule has 0 spiro atoms. The van der Waals surface area contributed by atoms with E-state index >= 15 is 0 Å². The number of likely N-dealkylation sites (tertiary alicyclic amines) is 1. The van der Waals surface area contributed by atoms with Crippen molar-refractivity contribution < 1.29 is 19.4 Å². The number of nitrogens with zero attached hydrogens (tertiary/aromatic N) is 1. The number of aliphatic hydroxyl groups excluding tert-OH is 1. The van der Waals surface area contributed by atoms with Gasteiger partial charge in [-0.05, 0) is 62.3 Å². The van der Waals surface area contributed by atoms with Gasteiger partial charge in [-0.15, -0.1) is 0 Å².